The summed E-state index contributed by atoms with van der Waals surface area (Å²) in [6.45, 7) is 5.25. The van der Waals surface area contributed by atoms with Gasteiger partial charge in [0.15, 0.2) is 0 Å². The standard InChI is InChI=1S/C15H17N2O3/c1-15(2,3)17(14(19)20)13(9-18)11-8-16-12-7-5-4-6-10(11)12/h4-8,13,16H,1-3H3,(H,19,20). The Morgan fingerprint density at radius 2 is 2.00 bits per heavy atom. The van der Waals surface area contributed by atoms with E-state index in [0.29, 0.717) is 5.56 Å². The lowest BCUT2D eigenvalue weighted by molar-refractivity contribution is 0.0873. The molecule has 5 nitrogen and oxygen atoms in total. The van der Waals surface area contributed by atoms with Crippen LogP contribution in [0.4, 0.5) is 4.79 Å². The second-order valence-corrected chi connectivity index (χ2v) is 5.63. The number of carboxylic acid groups (broad SMARTS) is 1. The molecule has 0 spiro atoms. The Hall–Kier alpha value is -2.30. The maximum absolute atomic E-state index is 11.5. The van der Waals surface area contributed by atoms with E-state index >= 15 is 0 Å². The SMILES string of the molecule is CC(C)(C)N(C(=O)O)C([C]=O)c1c[nH]c2ccccc12. The number of H-pyrrole nitrogens is 1. The summed E-state index contributed by atoms with van der Waals surface area (Å²) >= 11 is 0. The normalized spacial score (nSPS) is 13.2. The molecule has 2 rings (SSSR count). The molecule has 0 aliphatic rings. The lowest BCUT2D eigenvalue weighted by Crippen LogP contribution is -2.47. The van der Waals surface area contributed by atoms with Crippen LogP contribution in [0.5, 0.6) is 0 Å². The number of aromatic nitrogens is 1. The maximum Gasteiger partial charge on any atom is 0.408 e. The fourth-order valence-corrected chi connectivity index (χ4v) is 2.36. The molecule has 1 radical (unpaired) electrons. The molecule has 0 saturated carbocycles. The van der Waals surface area contributed by atoms with Gasteiger partial charge in [0.2, 0.25) is 6.29 Å². The first-order valence-electron chi connectivity index (χ1n) is 6.32. The number of nitrogens with zero attached hydrogens (tertiary/aromatic N) is 1. The minimum Gasteiger partial charge on any atom is -0.465 e. The first-order valence-corrected chi connectivity index (χ1v) is 6.32. The molecule has 1 aromatic heterocycles. The first-order chi connectivity index (χ1) is 9.36. The molecular formula is C15H17N2O3. The van der Waals surface area contributed by atoms with E-state index in [1.54, 1.807) is 27.0 Å². The van der Waals surface area contributed by atoms with Crippen LogP contribution >= 0.6 is 0 Å². The van der Waals surface area contributed by atoms with Gasteiger partial charge >= 0.3 is 6.09 Å². The maximum atomic E-state index is 11.5. The number of nitrogens with one attached hydrogen (secondary N) is 1. The predicted molar refractivity (Wildman–Crippen MR) is 76.4 cm³/mol. The first kappa shape index (κ1) is 14.1. The summed E-state index contributed by atoms with van der Waals surface area (Å²) in [5.41, 5.74) is 0.779. The molecule has 2 aromatic rings. The highest BCUT2D eigenvalue weighted by Gasteiger charge is 2.35. The quantitative estimate of drug-likeness (QED) is 0.902. The van der Waals surface area contributed by atoms with Crippen molar-refractivity contribution < 1.29 is 14.7 Å². The van der Waals surface area contributed by atoms with E-state index in [1.807, 2.05) is 30.6 Å². The fourth-order valence-electron chi connectivity index (χ4n) is 2.36. The van der Waals surface area contributed by atoms with Crippen LogP contribution in [0, 0.1) is 0 Å². The second-order valence-electron chi connectivity index (χ2n) is 5.63. The molecule has 5 heteroatoms. The highest BCUT2D eigenvalue weighted by Crippen LogP contribution is 2.31. The van der Waals surface area contributed by atoms with E-state index in [-0.39, 0.29) is 0 Å². The van der Waals surface area contributed by atoms with E-state index in [4.69, 9.17) is 0 Å². The van der Waals surface area contributed by atoms with Gasteiger partial charge in [0, 0.05) is 28.2 Å². The Labute approximate surface area is 117 Å². The summed E-state index contributed by atoms with van der Waals surface area (Å²) in [4.78, 5) is 27.1. The Kier molecular flexibility index (Phi) is 3.53. The molecule has 1 amide bonds. The minimum atomic E-state index is -1.14. The zero-order valence-corrected chi connectivity index (χ0v) is 11.7. The van der Waals surface area contributed by atoms with Crippen molar-refractivity contribution in [2.45, 2.75) is 32.4 Å². The van der Waals surface area contributed by atoms with Gasteiger partial charge in [0.1, 0.15) is 6.04 Å². The van der Waals surface area contributed by atoms with Crippen molar-refractivity contribution in [1.29, 1.82) is 0 Å². The molecule has 0 bridgehead atoms. The number of rotatable bonds is 3. The Morgan fingerprint density at radius 1 is 1.35 bits per heavy atom. The van der Waals surface area contributed by atoms with Crippen molar-refractivity contribution in [2.75, 3.05) is 0 Å². The molecule has 2 N–H and O–H groups in total. The smallest absolute Gasteiger partial charge is 0.408 e. The van der Waals surface area contributed by atoms with E-state index in [9.17, 15) is 14.7 Å². The van der Waals surface area contributed by atoms with Gasteiger partial charge in [-0.15, -0.1) is 0 Å². The summed E-state index contributed by atoms with van der Waals surface area (Å²) in [6.07, 6.45) is 2.39. The van der Waals surface area contributed by atoms with Crippen LogP contribution < -0.4 is 0 Å². The highest BCUT2D eigenvalue weighted by molar-refractivity contribution is 5.88. The van der Waals surface area contributed by atoms with Crippen molar-refractivity contribution in [3.8, 4) is 0 Å². The molecule has 1 aromatic carbocycles. The molecule has 20 heavy (non-hydrogen) atoms. The number of carbonyl (C=O) groups excluding carboxylic acids is 1. The number of fused-ring (bicyclic) bond motifs is 1. The largest absolute Gasteiger partial charge is 0.465 e. The van der Waals surface area contributed by atoms with E-state index in [0.717, 1.165) is 15.8 Å². The van der Waals surface area contributed by atoms with Crippen LogP contribution in [-0.2, 0) is 4.79 Å². The molecule has 1 unspecified atom stereocenters. The summed E-state index contributed by atoms with van der Waals surface area (Å²) in [5, 5.41) is 10.2. The van der Waals surface area contributed by atoms with Gasteiger partial charge in [-0.05, 0) is 26.8 Å². The molecule has 105 valence electrons. The summed E-state index contributed by atoms with van der Waals surface area (Å²) in [7, 11) is 0. The van der Waals surface area contributed by atoms with Crippen molar-refractivity contribution in [3.05, 3.63) is 36.0 Å². The van der Waals surface area contributed by atoms with Crippen molar-refractivity contribution in [1.82, 2.24) is 9.88 Å². The van der Waals surface area contributed by atoms with Crippen molar-refractivity contribution in [2.24, 2.45) is 0 Å². The number of benzene rings is 1. The van der Waals surface area contributed by atoms with Gasteiger partial charge in [-0.2, -0.15) is 0 Å². The molecular weight excluding hydrogens is 256 g/mol. The third-order valence-electron chi connectivity index (χ3n) is 3.21. The van der Waals surface area contributed by atoms with E-state index in [1.165, 1.54) is 0 Å². The third kappa shape index (κ3) is 2.39. The van der Waals surface area contributed by atoms with Gasteiger partial charge in [0.05, 0.1) is 0 Å². The van der Waals surface area contributed by atoms with Crippen LogP contribution in [0.15, 0.2) is 30.5 Å². The number of hydrogen-bond acceptors (Lipinski definition) is 2. The Balaban J connectivity index is 2.56. The van der Waals surface area contributed by atoms with Crippen LogP contribution in [0.3, 0.4) is 0 Å². The Bertz CT molecular complexity index is 640. The number of para-hydroxylation sites is 1. The lowest BCUT2D eigenvalue weighted by Gasteiger charge is -2.36. The summed E-state index contributed by atoms with van der Waals surface area (Å²) in [5.74, 6) is 0. The lowest BCUT2D eigenvalue weighted by atomic mass is 9.99. The van der Waals surface area contributed by atoms with E-state index in [2.05, 4.69) is 4.98 Å². The molecule has 0 aliphatic heterocycles. The second kappa shape index (κ2) is 5.00. The number of carbonyl (C=O) groups is 1. The summed E-state index contributed by atoms with van der Waals surface area (Å²) in [6, 6.07) is 6.51. The highest BCUT2D eigenvalue weighted by atomic mass is 16.4. The third-order valence-corrected chi connectivity index (χ3v) is 3.21. The molecule has 1 atom stereocenters. The monoisotopic (exact) mass is 273 g/mol. The average molecular weight is 273 g/mol. The van der Waals surface area contributed by atoms with Crippen LogP contribution in [0.25, 0.3) is 10.9 Å². The Morgan fingerprint density at radius 3 is 2.55 bits per heavy atom. The van der Waals surface area contributed by atoms with Gasteiger partial charge in [-0.3, -0.25) is 9.69 Å². The van der Waals surface area contributed by atoms with Crippen molar-refractivity contribution >= 4 is 23.3 Å². The summed E-state index contributed by atoms with van der Waals surface area (Å²) < 4.78 is 0. The minimum absolute atomic E-state index is 0.618. The van der Waals surface area contributed by atoms with Gasteiger partial charge in [-0.25, -0.2) is 4.79 Å². The fraction of sp³-hybridized carbons (Fsp3) is 0.333. The van der Waals surface area contributed by atoms with Gasteiger partial charge in [0.25, 0.3) is 0 Å². The topological polar surface area (TPSA) is 73.4 Å². The van der Waals surface area contributed by atoms with Gasteiger partial charge < -0.3 is 10.1 Å². The zero-order chi connectivity index (χ0) is 14.9. The molecule has 0 fully saturated rings. The van der Waals surface area contributed by atoms with E-state index < -0.39 is 17.7 Å². The predicted octanol–water partition coefficient (Wildman–Crippen LogP) is 3.10. The van der Waals surface area contributed by atoms with Crippen LogP contribution in [0.2, 0.25) is 0 Å². The molecule has 1 heterocycles. The van der Waals surface area contributed by atoms with Crippen LogP contribution in [0.1, 0.15) is 32.4 Å². The average Bonchev–Trinajstić information content (AvgIpc) is 2.77. The van der Waals surface area contributed by atoms with Crippen molar-refractivity contribution in [3.63, 3.8) is 0 Å². The molecule has 0 saturated heterocycles. The number of aromatic amines is 1. The number of amides is 1. The zero-order valence-electron chi connectivity index (χ0n) is 11.7. The number of hydrogen-bond donors (Lipinski definition) is 2. The van der Waals surface area contributed by atoms with Crippen LogP contribution in [-0.4, -0.2) is 32.9 Å². The molecule has 0 aliphatic carbocycles. The van der Waals surface area contributed by atoms with Gasteiger partial charge in [-0.1, -0.05) is 18.2 Å².